The molecule has 2 aromatic carbocycles. The van der Waals surface area contributed by atoms with Crippen molar-refractivity contribution < 1.29 is 0 Å². The molecule has 1 unspecified atom stereocenters. The lowest BCUT2D eigenvalue weighted by atomic mass is 9.80. The van der Waals surface area contributed by atoms with Gasteiger partial charge in [0.2, 0.25) is 0 Å². The maximum absolute atomic E-state index is 2.63. The van der Waals surface area contributed by atoms with Crippen molar-refractivity contribution in [2.75, 3.05) is 22.9 Å². The number of hydrogen-bond donors (Lipinski definition) is 0. The van der Waals surface area contributed by atoms with Gasteiger partial charge in [-0.15, -0.1) is 0 Å². The zero-order chi connectivity index (χ0) is 23.4. The van der Waals surface area contributed by atoms with Crippen molar-refractivity contribution in [3.8, 4) is 0 Å². The first-order valence-electron chi connectivity index (χ1n) is 11.9. The van der Waals surface area contributed by atoms with Gasteiger partial charge < -0.3 is 9.80 Å². The molecule has 2 aromatic rings. The van der Waals surface area contributed by atoms with Crippen molar-refractivity contribution in [3.05, 3.63) is 58.7 Å². The van der Waals surface area contributed by atoms with Crippen LogP contribution in [0.3, 0.4) is 0 Å². The lowest BCUT2D eigenvalue weighted by Gasteiger charge is -2.36. The van der Waals surface area contributed by atoms with Crippen molar-refractivity contribution >= 4 is 11.4 Å². The molecule has 1 fully saturated rings. The van der Waals surface area contributed by atoms with Crippen molar-refractivity contribution in [3.63, 3.8) is 0 Å². The highest BCUT2D eigenvalue weighted by molar-refractivity contribution is 5.66. The summed E-state index contributed by atoms with van der Waals surface area (Å²) in [6.07, 6.45) is 0.319. The van der Waals surface area contributed by atoms with E-state index in [4.69, 9.17) is 0 Å². The summed E-state index contributed by atoms with van der Waals surface area (Å²) in [6, 6.07) is 14.1. The van der Waals surface area contributed by atoms with Gasteiger partial charge in [0.25, 0.3) is 0 Å². The SMILES string of the molecule is Cc1ccc(C(C)(C)C)c(N2CCN(c3cc(C(C)(C)C)ccc3C(C)(C)C)C2C)c1. The molecule has 0 aromatic heterocycles. The van der Waals surface area contributed by atoms with E-state index < -0.39 is 0 Å². The fourth-order valence-electron chi connectivity index (χ4n) is 4.78. The molecule has 1 aliphatic rings. The lowest BCUT2D eigenvalue weighted by molar-refractivity contribution is 0.571. The lowest BCUT2D eigenvalue weighted by Crippen LogP contribution is -2.38. The first-order chi connectivity index (χ1) is 14.1. The van der Waals surface area contributed by atoms with Crippen molar-refractivity contribution in [1.29, 1.82) is 0 Å². The molecule has 0 spiro atoms. The Labute approximate surface area is 191 Å². The van der Waals surface area contributed by atoms with Gasteiger partial charge in [0.1, 0.15) is 0 Å². The molecule has 0 aliphatic carbocycles. The summed E-state index contributed by atoms with van der Waals surface area (Å²) in [5.41, 5.74) is 8.79. The third-order valence-electron chi connectivity index (χ3n) is 6.74. The third-order valence-corrected chi connectivity index (χ3v) is 6.74. The van der Waals surface area contributed by atoms with Crippen LogP contribution in [0.1, 0.15) is 91.5 Å². The fraction of sp³-hybridized carbons (Fsp3) is 0.586. The van der Waals surface area contributed by atoms with E-state index in [-0.39, 0.29) is 16.2 Å². The molecule has 3 rings (SSSR count). The first kappa shape index (κ1) is 23.7. The minimum absolute atomic E-state index is 0.110. The van der Waals surface area contributed by atoms with Gasteiger partial charge in [-0.2, -0.15) is 0 Å². The Kier molecular flexibility index (Phi) is 6.02. The number of benzene rings is 2. The molecule has 1 heterocycles. The van der Waals surface area contributed by atoms with Crippen LogP contribution in [-0.2, 0) is 16.2 Å². The quantitative estimate of drug-likeness (QED) is 0.494. The van der Waals surface area contributed by atoms with Crippen molar-refractivity contribution in [2.45, 2.75) is 98.6 Å². The number of aryl methyl sites for hydroxylation is 1. The predicted octanol–water partition coefficient (Wildman–Crippen LogP) is 7.56. The van der Waals surface area contributed by atoms with E-state index in [2.05, 4.69) is 122 Å². The van der Waals surface area contributed by atoms with Crippen molar-refractivity contribution in [1.82, 2.24) is 0 Å². The average Bonchev–Trinajstić information content (AvgIpc) is 2.99. The fourth-order valence-corrected chi connectivity index (χ4v) is 4.78. The molecule has 1 saturated heterocycles. The van der Waals surface area contributed by atoms with Gasteiger partial charge >= 0.3 is 0 Å². The summed E-state index contributed by atoms with van der Waals surface area (Å²) in [6.45, 7) is 27.6. The van der Waals surface area contributed by atoms with Gasteiger partial charge in [0, 0.05) is 24.5 Å². The topological polar surface area (TPSA) is 6.48 Å². The minimum Gasteiger partial charge on any atom is -0.349 e. The van der Waals surface area contributed by atoms with E-state index in [0.717, 1.165) is 13.1 Å². The van der Waals surface area contributed by atoms with Crippen LogP contribution in [0.4, 0.5) is 11.4 Å². The van der Waals surface area contributed by atoms with E-state index >= 15 is 0 Å². The maximum atomic E-state index is 2.63. The largest absolute Gasteiger partial charge is 0.349 e. The number of nitrogens with zero attached hydrogens (tertiary/aromatic N) is 2. The molecular weight excluding hydrogens is 376 g/mol. The molecular formula is C29H44N2. The highest BCUT2D eigenvalue weighted by Crippen LogP contribution is 2.41. The van der Waals surface area contributed by atoms with Gasteiger partial charge in [-0.1, -0.05) is 86.6 Å². The maximum Gasteiger partial charge on any atom is 0.0988 e. The highest BCUT2D eigenvalue weighted by Gasteiger charge is 2.34. The molecule has 170 valence electrons. The monoisotopic (exact) mass is 420 g/mol. The molecule has 2 nitrogen and oxygen atoms in total. The van der Waals surface area contributed by atoms with E-state index in [0.29, 0.717) is 6.17 Å². The molecule has 31 heavy (non-hydrogen) atoms. The number of anilines is 2. The Morgan fingerprint density at radius 3 is 1.55 bits per heavy atom. The van der Waals surface area contributed by atoms with Crippen LogP contribution in [0.2, 0.25) is 0 Å². The van der Waals surface area contributed by atoms with E-state index in [1.165, 1.54) is 33.6 Å². The molecule has 0 N–H and O–H groups in total. The van der Waals surface area contributed by atoms with Crippen LogP contribution >= 0.6 is 0 Å². The summed E-state index contributed by atoms with van der Waals surface area (Å²) in [7, 11) is 0. The Bertz CT molecular complexity index is 935. The summed E-state index contributed by atoms with van der Waals surface area (Å²) in [4.78, 5) is 5.24. The number of hydrogen-bond acceptors (Lipinski definition) is 2. The molecule has 1 atom stereocenters. The summed E-state index contributed by atoms with van der Waals surface area (Å²) in [5, 5.41) is 0. The second kappa shape index (κ2) is 7.87. The molecule has 0 saturated carbocycles. The Morgan fingerprint density at radius 2 is 1.10 bits per heavy atom. The van der Waals surface area contributed by atoms with Gasteiger partial charge in [-0.25, -0.2) is 0 Å². The zero-order valence-corrected chi connectivity index (χ0v) is 21.9. The molecule has 0 bridgehead atoms. The Hall–Kier alpha value is -1.96. The van der Waals surface area contributed by atoms with Crippen LogP contribution in [0.15, 0.2) is 36.4 Å². The average molecular weight is 421 g/mol. The molecule has 0 amide bonds. The smallest absolute Gasteiger partial charge is 0.0988 e. The van der Waals surface area contributed by atoms with Crippen molar-refractivity contribution in [2.24, 2.45) is 0 Å². The summed E-state index contributed by atoms with van der Waals surface area (Å²) in [5.74, 6) is 0. The van der Waals surface area contributed by atoms with E-state index in [1.807, 2.05) is 0 Å². The van der Waals surface area contributed by atoms with Crippen LogP contribution in [0.25, 0.3) is 0 Å². The Balaban J connectivity index is 2.08. The molecule has 1 aliphatic heterocycles. The molecule has 0 radical (unpaired) electrons. The molecule has 2 heteroatoms. The van der Waals surface area contributed by atoms with Gasteiger partial charge in [0.05, 0.1) is 6.17 Å². The standard InChI is InChI=1S/C29H44N2/c1-20-12-14-23(28(6,7)8)25(18-20)30-16-17-31(21(30)2)26-19-22(27(3,4)5)13-15-24(26)29(9,10)11/h12-15,18-19,21H,16-17H2,1-11H3. The summed E-state index contributed by atoms with van der Waals surface area (Å²) < 4.78 is 0. The van der Waals surface area contributed by atoms with Gasteiger partial charge in [-0.3, -0.25) is 0 Å². The van der Waals surface area contributed by atoms with Gasteiger partial charge in [-0.05, 0) is 64.5 Å². The second-order valence-corrected chi connectivity index (χ2v) is 12.5. The summed E-state index contributed by atoms with van der Waals surface area (Å²) >= 11 is 0. The van der Waals surface area contributed by atoms with Gasteiger partial charge in [0.15, 0.2) is 0 Å². The second-order valence-electron chi connectivity index (χ2n) is 12.5. The third kappa shape index (κ3) is 4.78. The predicted molar refractivity (Wildman–Crippen MR) is 138 cm³/mol. The van der Waals surface area contributed by atoms with Crippen LogP contribution in [0.5, 0.6) is 0 Å². The first-order valence-corrected chi connectivity index (χ1v) is 11.9. The normalized spacial score (nSPS) is 18.1. The Morgan fingerprint density at radius 1 is 0.645 bits per heavy atom. The zero-order valence-electron chi connectivity index (χ0n) is 21.9. The highest BCUT2D eigenvalue weighted by atomic mass is 15.4. The van der Waals surface area contributed by atoms with E-state index in [1.54, 1.807) is 0 Å². The van der Waals surface area contributed by atoms with E-state index in [9.17, 15) is 0 Å². The number of rotatable bonds is 2. The van der Waals surface area contributed by atoms with Crippen LogP contribution in [0, 0.1) is 6.92 Å². The minimum atomic E-state index is 0.110. The van der Waals surface area contributed by atoms with Crippen LogP contribution in [-0.4, -0.2) is 19.3 Å². The van der Waals surface area contributed by atoms with Crippen LogP contribution < -0.4 is 9.80 Å².